The Hall–Kier alpha value is 1.66. The first-order chi connectivity index (χ1) is 4.91. The van der Waals surface area contributed by atoms with Gasteiger partial charge in [0.1, 0.15) is 0 Å². The van der Waals surface area contributed by atoms with Gasteiger partial charge in [-0.3, -0.25) is 5.26 Å². The molecule has 0 aliphatic heterocycles. The van der Waals surface area contributed by atoms with Crippen LogP contribution in [0.15, 0.2) is 0 Å². The van der Waals surface area contributed by atoms with Gasteiger partial charge in [0.05, 0.1) is 0 Å². The molecule has 0 fully saturated rings. The molecule has 0 unspecified atom stereocenters. The van der Waals surface area contributed by atoms with Gasteiger partial charge in [0.15, 0.2) is 0 Å². The van der Waals surface area contributed by atoms with Crippen LogP contribution >= 0.6 is 0 Å². The quantitative estimate of drug-likeness (QED) is 0.171. The molecule has 0 saturated heterocycles. The molecule has 3 N–H and O–H groups in total. The van der Waals surface area contributed by atoms with Gasteiger partial charge in [-0.1, -0.05) is 0 Å². The predicted molar refractivity (Wildman–Crippen MR) is 49.8 cm³/mol. The zero-order valence-electron chi connectivity index (χ0n) is 5.63. The van der Waals surface area contributed by atoms with Crippen molar-refractivity contribution < 1.29 is 26.4 Å². The van der Waals surface area contributed by atoms with Crippen LogP contribution in [0.25, 0.3) is 0 Å². The second kappa shape index (κ2) is 12.7. The maximum Gasteiger partial charge on any atom is 2.00 e. The van der Waals surface area contributed by atoms with Gasteiger partial charge in [-0.15, -0.1) is 0 Å². The molecule has 64 valence electrons. The van der Waals surface area contributed by atoms with Gasteiger partial charge >= 0.3 is 70.9 Å². The second-order valence-corrected chi connectivity index (χ2v) is 8.12. The first-order valence-corrected chi connectivity index (χ1v) is 8.35. The Kier molecular flexibility index (Phi) is 20.3. The molecule has 6 nitrogen and oxygen atoms in total. The normalized spacial score (nSPS) is 7.67. The third kappa shape index (κ3) is 22.6. The summed E-state index contributed by atoms with van der Waals surface area (Å²) >= 11 is 4.88. The number of hydrogen-bond acceptors (Lipinski definition) is 6. The molecule has 0 aromatic rings. The van der Waals surface area contributed by atoms with E-state index < -0.39 is 25.1 Å². The molecule has 0 rings (SSSR count). The van der Waals surface area contributed by atoms with Crippen LogP contribution in [0.3, 0.4) is 0 Å². The monoisotopic (exact) mass is 275 g/mol. The zero-order valence-corrected chi connectivity index (χ0v) is 11.7. The Morgan fingerprint density at radius 3 is 1.75 bits per heavy atom. The van der Waals surface area contributed by atoms with Gasteiger partial charge in [0, 0.05) is 0 Å². The molecule has 0 radical (unpaired) electrons. The fourth-order valence-corrected chi connectivity index (χ4v) is 0. The van der Waals surface area contributed by atoms with Crippen LogP contribution in [0, 0.1) is 0 Å². The van der Waals surface area contributed by atoms with Crippen LogP contribution in [-0.4, -0.2) is 60.7 Å². The molecule has 0 spiro atoms. The first kappa shape index (κ1) is 19.3. The van der Waals surface area contributed by atoms with Crippen LogP contribution in [0.4, 0.5) is 0 Å². The van der Waals surface area contributed by atoms with Gasteiger partial charge in [0.2, 0.25) is 0 Å². The van der Waals surface area contributed by atoms with Crippen LogP contribution in [0.1, 0.15) is 0 Å². The van der Waals surface area contributed by atoms with E-state index >= 15 is 0 Å². The third-order valence-corrected chi connectivity index (χ3v) is 3.55. The zero-order chi connectivity index (χ0) is 9.44. The van der Waals surface area contributed by atoms with E-state index in [0.717, 1.165) is 19.8 Å². The van der Waals surface area contributed by atoms with E-state index in [1.807, 2.05) is 0 Å². The Labute approximate surface area is 104 Å². The maximum atomic E-state index is 9.47. The summed E-state index contributed by atoms with van der Waals surface area (Å²) in [5.41, 5.74) is 0. The fourth-order valence-electron chi connectivity index (χ4n) is 0. The van der Waals surface area contributed by atoms with E-state index in [1.54, 1.807) is 0 Å². The summed E-state index contributed by atoms with van der Waals surface area (Å²) < 4.78 is 39.6. The van der Waals surface area contributed by atoms with Gasteiger partial charge in [-0.2, -0.15) is 15.5 Å². The summed E-state index contributed by atoms with van der Waals surface area (Å²) in [6.45, 7) is 0. The molecular weight excluding hydrogens is 273 g/mol. The Morgan fingerprint density at radius 2 is 1.75 bits per heavy atom. The van der Waals surface area contributed by atoms with E-state index in [-0.39, 0.29) is 23.1 Å². The number of hydrogen-bond donors (Lipinski definition) is 0. The van der Waals surface area contributed by atoms with Gasteiger partial charge in [-0.25, -0.2) is 0 Å². The predicted octanol–water partition coefficient (Wildman–Crippen LogP) is -2.63. The molecule has 0 aliphatic carbocycles. The van der Waals surface area contributed by atoms with Crippen molar-refractivity contribution in [3.8, 4) is 0 Å². The minimum absolute atomic E-state index is 0. The molecule has 0 aromatic heterocycles. The topological polar surface area (TPSA) is 105 Å². The smallest absolute Gasteiger partial charge is 0.418 e. The van der Waals surface area contributed by atoms with Gasteiger partial charge in [0.25, 0.3) is 0 Å². The van der Waals surface area contributed by atoms with Gasteiger partial charge in [-0.05, 0) is 9.64 Å². The van der Waals surface area contributed by atoms with E-state index in [1.165, 1.54) is 0 Å². The Morgan fingerprint density at radius 1 is 1.58 bits per heavy atom. The summed E-state index contributed by atoms with van der Waals surface area (Å²) in [6, 6.07) is 0. The molecule has 0 bridgehead atoms. The second-order valence-electron chi connectivity index (χ2n) is 0.813. The molecule has 0 amide bonds. The summed E-state index contributed by atoms with van der Waals surface area (Å²) in [5, 5.41) is 5.75. The van der Waals surface area contributed by atoms with Crippen LogP contribution in [0.5, 0.6) is 0 Å². The Balaban J connectivity index is -0.000000126. The van der Waals surface area contributed by atoms with Crippen molar-refractivity contribution in [2.24, 2.45) is 0 Å². The van der Waals surface area contributed by atoms with Crippen molar-refractivity contribution in [2.45, 2.75) is 0 Å². The molecule has 0 aromatic carbocycles. The average molecular weight is 276 g/mol. The SMILES string of the molecule is O=S(=O)=[S](=[OH+])=[Mg].O=[S-](=S)O[OH2+].[Mg+2]. The Bertz CT molecular complexity index is 329. The fraction of sp³-hybridized carbons (Fsp3) is 0. The van der Waals surface area contributed by atoms with E-state index in [9.17, 15) is 12.6 Å². The van der Waals surface area contributed by atoms with Crippen molar-refractivity contribution in [3.05, 3.63) is 0 Å². The molecule has 12 heteroatoms. The van der Waals surface area contributed by atoms with E-state index in [4.69, 9.17) is 9.47 Å². The standard InChI is InChI=1S/2Mg.O3S2.HO3S2/c;;1-4-5(2)3;1-3-5(2)4/h;;;1H/q;+2;;-1/p+2. The third-order valence-electron chi connectivity index (χ3n) is 0.225. The summed E-state index contributed by atoms with van der Waals surface area (Å²) in [4.78, 5) is 0. The summed E-state index contributed by atoms with van der Waals surface area (Å²) in [7, 11) is -4.09. The largest absolute Gasteiger partial charge is 2.00 e. The van der Waals surface area contributed by atoms with Gasteiger partial charge < -0.3 is 4.21 Å². The van der Waals surface area contributed by atoms with Crippen LogP contribution < -0.4 is 0 Å². The van der Waals surface area contributed by atoms with Crippen molar-refractivity contribution >= 4 is 79.1 Å². The molecule has 12 heavy (non-hydrogen) atoms. The maximum absolute atomic E-state index is 9.47. The van der Waals surface area contributed by atoms with E-state index in [2.05, 4.69) is 15.5 Å². The van der Waals surface area contributed by atoms with Crippen LogP contribution in [0.2, 0.25) is 0 Å². The summed E-state index contributed by atoms with van der Waals surface area (Å²) in [6.07, 6.45) is -1.42. The van der Waals surface area contributed by atoms with Crippen molar-refractivity contribution in [3.63, 3.8) is 0 Å². The molecular formula is H3Mg2O6S4+3. The van der Waals surface area contributed by atoms with Crippen LogP contribution in [-0.2, 0) is 44.8 Å². The van der Waals surface area contributed by atoms with Crippen molar-refractivity contribution in [1.82, 2.24) is 0 Å². The molecule has 0 atom stereocenters. The summed E-state index contributed by atoms with van der Waals surface area (Å²) in [5.74, 6) is 0. The molecule has 0 saturated carbocycles. The van der Waals surface area contributed by atoms with Crippen molar-refractivity contribution in [2.75, 3.05) is 0 Å². The van der Waals surface area contributed by atoms with Crippen molar-refractivity contribution in [1.29, 1.82) is 0 Å². The minimum Gasteiger partial charge on any atom is -0.418 e. The molecule has 0 aliphatic rings. The average Bonchev–Trinajstić information content (AvgIpc) is 1.89. The number of rotatable bonds is 1. The van der Waals surface area contributed by atoms with E-state index in [0.29, 0.717) is 0 Å². The molecule has 0 heterocycles. The minimum atomic E-state index is -2.27. The first-order valence-electron chi connectivity index (χ1n) is 1.68.